The second-order valence-corrected chi connectivity index (χ2v) is 8.91. The summed E-state index contributed by atoms with van der Waals surface area (Å²) < 4.78 is 6.03. The molecule has 2 N–H and O–H groups in total. The quantitative estimate of drug-likeness (QED) is 0.571. The Morgan fingerprint density at radius 3 is 2.44 bits per heavy atom. The van der Waals surface area contributed by atoms with Gasteiger partial charge in [-0.3, -0.25) is 9.79 Å². The van der Waals surface area contributed by atoms with Crippen LogP contribution < -0.4 is 10.6 Å². The first-order chi connectivity index (χ1) is 13.2. The number of amides is 1. The fourth-order valence-corrected chi connectivity index (χ4v) is 5.45. The molecular formula is C21H36N4O2. The summed E-state index contributed by atoms with van der Waals surface area (Å²) in [5, 5.41) is 7.33. The van der Waals surface area contributed by atoms with Crippen molar-refractivity contribution in [1.82, 2.24) is 15.5 Å². The number of carbonyl (C=O) groups is 1. The summed E-state index contributed by atoms with van der Waals surface area (Å²) in [5.41, 5.74) is 0.313. The third-order valence-electron chi connectivity index (χ3n) is 7.30. The Bertz CT molecular complexity index is 561. The lowest BCUT2D eigenvalue weighted by atomic mass is 9.60. The van der Waals surface area contributed by atoms with E-state index in [1.165, 1.54) is 25.7 Å². The highest BCUT2D eigenvalue weighted by atomic mass is 16.5. The van der Waals surface area contributed by atoms with Gasteiger partial charge in [0.2, 0.25) is 5.91 Å². The molecule has 1 spiro atoms. The van der Waals surface area contributed by atoms with Gasteiger partial charge in [0, 0.05) is 50.2 Å². The van der Waals surface area contributed by atoms with Gasteiger partial charge in [0.1, 0.15) is 0 Å². The van der Waals surface area contributed by atoms with Gasteiger partial charge in [-0.1, -0.05) is 12.8 Å². The molecule has 4 aliphatic rings. The Hall–Kier alpha value is -1.30. The minimum Gasteiger partial charge on any atom is -0.378 e. The van der Waals surface area contributed by atoms with E-state index < -0.39 is 0 Å². The van der Waals surface area contributed by atoms with Gasteiger partial charge in [0.05, 0.1) is 6.10 Å². The van der Waals surface area contributed by atoms with Gasteiger partial charge in [-0.25, -0.2) is 0 Å². The number of hydrogen-bond donors (Lipinski definition) is 2. The third-order valence-corrected chi connectivity index (χ3v) is 7.30. The molecule has 0 aromatic heterocycles. The predicted octanol–water partition coefficient (Wildman–Crippen LogP) is 2.29. The molecular weight excluding hydrogens is 340 g/mol. The van der Waals surface area contributed by atoms with Gasteiger partial charge in [-0.15, -0.1) is 0 Å². The number of ether oxygens (including phenoxy) is 1. The third kappa shape index (κ3) is 3.82. The molecule has 2 unspecified atom stereocenters. The van der Waals surface area contributed by atoms with Crippen molar-refractivity contribution in [3.05, 3.63) is 0 Å². The highest BCUT2D eigenvalue weighted by molar-refractivity contribution is 5.82. The first-order valence-corrected chi connectivity index (χ1v) is 11.1. The topological polar surface area (TPSA) is 66.0 Å². The number of likely N-dealkylation sites (tertiary alicyclic amines) is 1. The SMILES string of the molecule is CCOC1CC(NC(=NC)NC2CCN(C(=O)C3CC3)CC2)C12CCCC2. The standard InChI is InChI=1S/C21H36N4O2/c1-3-27-18-14-17(21(18)10-4-5-11-21)24-20(22-2)23-16-8-12-25(13-9-16)19(26)15-6-7-15/h15-18H,3-14H2,1-2H3,(H2,22,23,24). The van der Waals surface area contributed by atoms with Crippen molar-refractivity contribution in [2.45, 2.75) is 82.9 Å². The van der Waals surface area contributed by atoms with Crippen molar-refractivity contribution < 1.29 is 9.53 Å². The number of rotatable bonds is 5. The predicted molar refractivity (Wildman–Crippen MR) is 107 cm³/mol. The summed E-state index contributed by atoms with van der Waals surface area (Å²) >= 11 is 0. The molecule has 1 amide bonds. The van der Waals surface area contributed by atoms with Crippen molar-refractivity contribution >= 4 is 11.9 Å². The minimum absolute atomic E-state index is 0.313. The summed E-state index contributed by atoms with van der Waals surface area (Å²) in [5.74, 6) is 1.65. The van der Waals surface area contributed by atoms with E-state index in [0.717, 1.165) is 57.8 Å². The van der Waals surface area contributed by atoms with E-state index in [4.69, 9.17) is 4.74 Å². The summed E-state index contributed by atoms with van der Waals surface area (Å²) in [6.07, 6.45) is 10.9. The van der Waals surface area contributed by atoms with Crippen LogP contribution in [0.25, 0.3) is 0 Å². The molecule has 4 rings (SSSR count). The smallest absolute Gasteiger partial charge is 0.225 e. The number of nitrogens with zero attached hydrogens (tertiary/aromatic N) is 2. The second-order valence-electron chi connectivity index (χ2n) is 8.91. The molecule has 1 heterocycles. The zero-order chi connectivity index (χ0) is 18.9. The normalized spacial score (nSPS) is 31.0. The van der Waals surface area contributed by atoms with Crippen molar-refractivity contribution in [1.29, 1.82) is 0 Å². The van der Waals surface area contributed by atoms with E-state index >= 15 is 0 Å². The Labute approximate surface area is 163 Å². The monoisotopic (exact) mass is 376 g/mol. The maximum Gasteiger partial charge on any atom is 0.225 e. The van der Waals surface area contributed by atoms with Crippen LogP contribution in [0.3, 0.4) is 0 Å². The average Bonchev–Trinajstić information content (AvgIpc) is 3.40. The lowest BCUT2D eigenvalue weighted by Crippen LogP contribution is -2.65. The molecule has 6 heteroatoms. The minimum atomic E-state index is 0.313. The maximum absolute atomic E-state index is 12.2. The van der Waals surface area contributed by atoms with Crippen LogP contribution in [-0.4, -0.2) is 61.7 Å². The molecule has 6 nitrogen and oxygen atoms in total. The van der Waals surface area contributed by atoms with Gasteiger partial charge < -0.3 is 20.3 Å². The first-order valence-electron chi connectivity index (χ1n) is 11.1. The van der Waals surface area contributed by atoms with Crippen LogP contribution in [0.4, 0.5) is 0 Å². The van der Waals surface area contributed by atoms with Crippen molar-refractivity contribution in [2.24, 2.45) is 16.3 Å². The zero-order valence-corrected chi connectivity index (χ0v) is 17.0. The van der Waals surface area contributed by atoms with Crippen molar-refractivity contribution in [3.8, 4) is 0 Å². The molecule has 0 bridgehead atoms. The number of hydrogen-bond acceptors (Lipinski definition) is 3. The Morgan fingerprint density at radius 2 is 1.85 bits per heavy atom. The molecule has 1 saturated heterocycles. The Morgan fingerprint density at radius 1 is 1.15 bits per heavy atom. The number of guanidine groups is 1. The van der Waals surface area contributed by atoms with E-state index in [1.54, 1.807) is 0 Å². The second kappa shape index (κ2) is 7.98. The van der Waals surface area contributed by atoms with Gasteiger partial charge in [0.15, 0.2) is 5.96 Å². The molecule has 4 fully saturated rings. The molecule has 0 aromatic carbocycles. The fraction of sp³-hybridized carbons (Fsp3) is 0.905. The number of piperidine rings is 1. The number of carbonyl (C=O) groups excluding carboxylic acids is 1. The van der Waals surface area contributed by atoms with Crippen LogP contribution >= 0.6 is 0 Å². The van der Waals surface area contributed by atoms with Gasteiger partial charge in [-0.2, -0.15) is 0 Å². The maximum atomic E-state index is 12.2. The fourth-order valence-electron chi connectivity index (χ4n) is 5.45. The molecule has 152 valence electrons. The molecule has 0 aromatic rings. The van der Waals surface area contributed by atoms with Crippen LogP contribution in [0.2, 0.25) is 0 Å². The molecule has 1 aliphatic heterocycles. The zero-order valence-electron chi connectivity index (χ0n) is 17.0. The Kier molecular flexibility index (Phi) is 5.62. The summed E-state index contributed by atoms with van der Waals surface area (Å²) in [6, 6.07) is 0.876. The number of aliphatic imine (C=N–C) groups is 1. The van der Waals surface area contributed by atoms with E-state index in [-0.39, 0.29) is 0 Å². The van der Waals surface area contributed by atoms with Gasteiger partial charge >= 0.3 is 0 Å². The lowest BCUT2D eigenvalue weighted by molar-refractivity contribution is -0.133. The van der Waals surface area contributed by atoms with E-state index in [9.17, 15) is 4.79 Å². The first kappa shape index (κ1) is 19.0. The summed E-state index contributed by atoms with van der Waals surface area (Å²) in [4.78, 5) is 18.8. The highest BCUT2D eigenvalue weighted by Gasteiger charge is 2.57. The molecule has 0 radical (unpaired) electrons. The molecule has 3 saturated carbocycles. The highest BCUT2D eigenvalue weighted by Crippen LogP contribution is 2.54. The van der Waals surface area contributed by atoms with Crippen LogP contribution in [0.5, 0.6) is 0 Å². The Balaban J connectivity index is 1.27. The van der Waals surface area contributed by atoms with Crippen molar-refractivity contribution in [3.63, 3.8) is 0 Å². The average molecular weight is 377 g/mol. The van der Waals surface area contributed by atoms with Crippen LogP contribution in [0.1, 0.15) is 64.7 Å². The number of nitrogens with one attached hydrogen (secondary N) is 2. The van der Waals surface area contributed by atoms with E-state index in [0.29, 0.717) is 35.4 Å². The van der Waals surface area contributed by atoms with Crippen LogP contribution in [-0.2, 0) is 9.53 Å². The van der Waals surface area contributed by atoms with Gasteiger partial charge in [0.25, 0.3) is 0 Å². The van der Waals surface area contributed by atoms with Crippen LogP contribution in [0, 0.1) is 11.3 Å². The molecule has 3 aliphatic carbocycles. The summed E-state index contributed by atoms with van der Waals surface area (Å²) in [6.45, 7) is 4.67. The molecule has 27 heavy (non-hydrogen) atoms. The largest absolute Gasteiger partial charge is 0.378 e. The van der Waals surface area contributed by atoms with Crippen molar-refractivity contribution in [2.75, 3.05) is 26.7 Å². The van der Waals surface area contributed by atoms with Crippen LogP contribution in [0.15, 0.2) is 4.99 Å². The lowest BCUT2D eigenvalue weighted by Gasteiger charge is -2.54. The van der Waals surface area contributed by atoms with E-state index in [2.05, 4.69) is 27.4 Å². The van der Waals surface area contributed by atoms with E-state index in [1.807, 2.05) is 7.05 Å². The molecule has 2 atom stereocenters. The summed E-state index contributed by atoms with van der Waals surface area (Å²) in [7, 11) is 1.86. The van der Waals surface area contributed by atoms with Gasteiger partial charge in [-0.05, 0) is 51.9 Å².